The van der Waals surface area contributed by atoms with Crippen molar-refractivity contribution >= 4 is 22.6 Å². The molecule has 0 aliphatic rings. The van der Waals surface area contributed by atoms with Gasteiger partial charge >= 0.3 is 12.1 Å². The van der Waals surface area contributed by atoms with Crippen molar-refractivity contribution in [2.75, 3.05) is 5.32 Å². The molecule has 0 aliphatic carbocycles. The van der Waals surface area contributed by atoms with Gasteiger partial charge in [-0.2, -0.15) is 13.2 Å². The number of hydrogen-bond donors (Lipinski definition) is 1. The van der Waals surface area contributed by atoms with E-state index in [4.69, 9.17) is 0 Å². The van der Waals surface area contributed by atoms with Crippen LogP contribution in [0.25, 0.3) is 11.0 Å². The molecule has 2 rings (SSSR count). The Morgan fingerprint density at radius 1 is 1.12 bits per heavy atom. The maximum Gasteiger partial charge on any atom is 0.471 e. The Kier molecular flexibility index (Phi) is 2.66. The number of carbonyl (C=O) groups is 1. The maximum absolute atomic E-state index is 12.0. The molecule has 88 valence electrons. The van der Waals surface area contributed by atoms with Crippen LogP contribution in [0, 0.1) is 0 Å². The van der Waals surface area contributed by atoms with Gasteiger partial charge in [-0.05, 0) is 18.2 Å². The molecule has 1 aromatic carbocycles. The molecule has 1 heterocycles. The second-order valence-electron chi connectivity index (χ2n) is 3.21. The second-order valence-corrected chi connectivity index (χ2v) is 3.21. The first-order valence-corrected chi connectivity index (χ1v) is 4.56. The standard InChI is InChI=1S/C10H6F3N3O/c11-10(12,13)9(17)16-6-1-2-7-8(5-6)15-4-3-14-7/h1-5H,(H,16,17). The van der Waals surface area contributed by atoms with Crippen molar-refractivity contribution in [1.82, 2.24) is 9.97 Å². The highest BCUT2D eigenvalue weighted by molar-refractivity contribution is 5.96. The molecule has 0 bridgehead atoms. The normalized spacial score (nSPS) is 11.5. The van der Waals surface area contributed by atoms with E-state index in [1.165, 1.54) is 30.6 Å². The summed E-state index contributed by atoms with van der Waals surface area (Å²) in [5.74, 6) is -2.01. The number of nitrogens with one attached hydrogen (secondary N) is 1. The van der Waals surface area contributed by atoms with Gasteiger partial charge in [0.1, 0.15) is 0 Å². The fraction of sp³-hybridized carbons (Fsp3) is 0.100. The van der Waals surface area contributed by atoms with Gasteiger partial charge in [0.25, 0.3) is 0 Å². The molecule has 0 fully saturated rings. The van der Waals surface area contributed by atoms with Crippen LogP contribution in [0.5, 0.6) is 0 Å². The number of alkyl halides is 3. The number of rotatable bonds is 1. The van der Waals surface area contributed by atoms with Crippen LogP contribution in [0.4, 0.5) is 18.9 Å². The van der Waals surface area contributed by atoms with Crippen LogP contribution in [0.3, 0.4) is 0 Å². The number of anilines is 1. The minimum Gasteiger partial charge on any atom is -0.318 e. The molecule has 0 saturated heterocycles. The third kappa shape index (κ3) is 2.49. The zero-order valence-corrected chi connectivity index (χ0v) is 8.32. The number of amides is 1. The fourth-order valence-electron chi connectivity index (χ4n) is 1.24. The van der Waals surface area contributed by atoms with Gasteiger partial charge < -0.3 is 5.32 Å². The number of nitrogens with zero attached hydrogens (tertiary/aromatic N) is 2. The molecule has 0 radical (unpaired) electrons. The van der Waals surface area contributed by atoms with Gasteiger partial charge in [-0.3, -0.25) is 14.8 Å². The monoisotopic (exact) mass is 241 g/mol. The lowest BCUT2D eigenvalue weighted by Crippen LogP contribution is -2.29. The highest BCUT2D eigenvalue weighted by Gasteiger charge is 2.38. The minimum absolute atomic E-state index is 0.0281. The van der Waals surface area contributed by atoms with E-state index in [1.807, 2.05) is 0 Å². The predicted molar refractivity (Wildman–Crippen MR) is 54.2 cm³/mol. The number of fused-ring (bicyclic) bond motifs is 1. The Labute approximate surface area is 93.5 Å². The zero-order chi connectivity index (χ0) is 12.5. The molecule has 7 heteroatoms. The third-order valence-electron chi connectivity index (χ3n) is 1.98. The maximum atomic E-state index is 12.0. The summed E-state index contributed by atoms with van der Waals surface area (Å²) in [6, 6.07) is 4.14. The van der Waals surface area contributed by atoms with Gasteiger partial charge in [-0.15, -0.1) is 0 Å². The lowest BCUT2D eigenvalue weighted by molar-refractivity contribution is -0.167. The molecule has 0 unspecified atom stereocenters. The van der Waals surface area contributed by atoms with Gasteiger partial charge in [-0.1, -0.05) is 0 Å². The first-order chi connectivity index (χ1) is 7.97. The zero-order valence-electron chi connectivity index (χ0n) is 8.32. The van der Waals surface area contributed by atoms with Crippen LogP contribution < -0.4 is 5.32 Å². The van der Waals surface area contributed by atoms with E-state index in [2.05, 4.69) is 9.97 Å². The van der Waals surface area contributed by atoms with E-state index in [9.17, 15) is 18.0 Å². The Morgan fingerprint density at radius 2 is 1.76 bits per heavy atom. The highest BCUT2D eigenvalue weighted by Crippen LogP contribution is 2.20. The molecule has 1 amide bonds. The molecule has 0 atom stereocenters. The number of halogens is 3. The Bertz CT molecular complexity index is 568. The summed E-state index contributed by atoms with van der Waals surface area (Å²) in [4.78, 5) is 18.6. The van der Waals surface area contributed by atoms with E-state index in [0.717, 1.165) is 0 Å². The summed E-state index contributed by atoms with van der Waals surface area (Å²) in [6.07, 6.45) is -2.02. The summed E-state index contributed by atoms with van der Waals surface area (Å²) in [5.41, 5.74) is 0.977. The summed E-state index contributed by atoms with van der Waals surface area (Å²) in [7, 11) is 0. The van der Waals surface area contributed by atoms with Crippen molar-refractivity contribution in [2.45, 2.75) is 6.18 Å². The number of carbonyl (C=O) groups excluding carboxylic acids is 1. The summed E-state index contributed by atoms with van der Waals surface area (Å²) >= 11 is 0. The molecule has 0 saturated carbocycles. The van der Waals surface area contributed by atoms with Crippen molar-refractivity contribution in [1.29, 1.82) is 0 Å². The first kappa shape index (κ1) is 11.3. The largest absolute Gasteiger partial charge is 0.471 e. The van der Waals surface area contributed by atoms with E-state index < -0.39 is 12.1 Å². The SMILES string of the molecule is O=C(Nc1ccc2nccnc2c1)C(F)(F)F. The second kappa shape index (κ2) is 4.00. The van der Waals surface area contributed by atoms with E-state index >= 15 is 0 Å². The van der Waals surface area contributed by atoms with Crippen LogP contribution in [0.15, 0.2) is 30.6 Å². The van der Waals surface area contributed by atoms with Crippen molar-refractivity contribution in [3.05, 3.63) is 30.6 Å². The van der Waals surface area contributed by atoms with Crippen LogP contribution >= 0.6 is 0 Å². The number of benzene rings is 1. The van der Waals surface area contributed by atoms with Gasteiger partial charge in [0.15, 0.2) is 0 Å². The van der Waals surface area contributed by atoms with Crippen molar-refractivity contribution in [2.24, 2.45) is 0 Å². The lowest BCUT2D eigenvalue weighted by Gasteiger charge is -2.07. The Morgan fingerprint density at radius 3 is 2.41 bits per heavy atom. The first-order valence-electron chi connectivity index (χ1n) is 4.56. The van der Waals surface area contributed by atoms with E-state index in [-0.39, 0.29) is 5.69 Å². The van der Waals surface area contributed by atoms with Crippen LogP contribution in [-0.4, -0.2) is 22.1 Å². The molecule has 0 aliphatic heterocycles. The van der Waals surface area contributed by atoms with Gasteiger partial charge in [0.2, 0.25) is 0 Å². The predicted octanol–water partition coefficient (Wildman–Crippen LogP) is 2.13. The summed E-state index contributed by atoms with van der Waals surface area (Å²) in [6.45, 7) is 0. The average molecular weight is 241 g/mol. The molecule has 4 nitrogen and oxygen atoms in total. The summed E-state index contributed by atoms with van der Waals surface area (Å²) < 4.78 is 36.0. The number of hydrogen-bond acceptors (Lipinski definition) is 3. The highest BCUT2D eigenvalue weighted by atomic mass is 19.4. The van der Waals surface area contributed by atoms with Crippen LogP contribution in [0.1, 0.15) is 0 Å². The van der Waals surface area contributed by atoms with E-state index in [0.29, 0.717) is 11.0 Å². The average Bonchev–Trinajstić information content (AvgIpc) is 2.27. The lowest BCUT2D eigenvalue weighted by atomic mass is 10.2. The van der Waals surface area contributed by atoms with Crippen LogP contribution in [-0.2, 0) is 4.79 Å². The van der Waals surface area contributed by atoms with Crippen LogP contribution in [0.2, 0.25) is 0 Å². The topological polar surface area (TPSA) is 54.9 Å². The minimum atomic E-state index is -4.91. The molecule has 1 N–H and O–H groups in total. The van der Waals surface area contributed by atoms with Gasteiger partial charge in [0, 0.05) is 18.1 Å². The van der Waals surface area contributed by atoms with Crippen molar-refractivity contribution < 1.29 is 18.0 Å². The van der Waals surface area contributed by atoms with Crippen molar-refractivity contribution in [3.63, 3.8) is 0 Å². The van der Waals surface area contributed by atoms with E-state index in [1.54, 1.807) is 5.32 Å². The number of aromatic nitrogens is 2. The van der Waals surface area contributed by atoms with Gasteiger partial charge in [-0.25, -0.2) is 0 Å². The molecular formula is C10H6F3N3O. The fourth-order valence-corrected chi connectivity index (χ4v) is 1.24. The molecule has 17 heavy (non-hydrogen) atoms. The Balaban J connectivity index is 2.29. The van der Waals surface area contributed by atoms with Crippen molar-refractivity contribution in [3.8, 4) is 0 Å². The smallest absolute Gasteiger partial charge is 0.318 e. The molecule has 1 aromatic heterocycles. The Hall–Kier alpha value is -2.18. The molecular weight excluding hydrogens is 235 g/mol. The third-order valence-corrected chi connectivity index (χ3v) is 1.98. The van der Waals surface area contributed by atoms with Gasteiger partial charge in [0.05, 0.1) is 11.0 Å². The quantitative estimate of drug-likeness (QED) is 0.832. The summed E-state index contributed by atoms with van der Waals surface area (Å²) in [5, 5.41) is 1.74. The molecule has 2 aromatic rings. The molecule has 0 spiro atoms.